The average molecular weight is 304 g/mol. The fraction of sp³-hybridized carbons (Fsp3) is 0.200. The normalized spacial score (nSPS) is 10.8. The summed E-state index contributed by atoms with van der Waals surface area (Å²) in [6, 6.07) is 16.1. The van der Waals surface area contributed by atoms with E-state index in [1.807, 2.05) is 44.2 Å². The Hall–Kier alpha value is -2.68. The van der Waals surface area contributed by atoms with Crippen LogP contribution < -0.4 is 5.56 Å². The van der Waals surface area contributed by atoms with Gasteiger partial charge in [0.25, 0.3) is 5.56 Å². The summed E-state index contributed by atoms with van der Waals surface area (Å²) >= 11 is 0. The third-order valence-electron chi connectivity index (χ3n) is 4.15. The molecule has 0 fully saturated rings. The van der Waals surface area contributed by atoms with Crippen LogP contribution in [-0.2, 0) is 0 Å². The van der Waals surface area contributed by atoms with Gasteiger partial charge in [-0.15, -0.1) is 0 Å². The molecule has 0 atom stereocenters. The Bertz CT molecular complexity index is 924. The monoisotopic (exact) mass is 304 g/mol. The zero-order valence-corrected chi connectivity index (χ0v) is 13.9. The van der Waals surface area contributed by atoms with Crippen molar-refractivity contribution in [2.24, 2.45) is 0 Å². The van der Waals surface area contributed by atoms with Gasteiger partial charge in [-0.05, 0) is 44.9 Å². The molecule has 116 valence electrons. The Morgan fingerprint density at radius 3 is 2.26 bits per heavy atom. The minimum Gasteiger partial charge on any atom is -0.302 e. The van der Waals surface area contributed by atoms with Crippen LogP contribution in [0.2, 0.25) is 0 Å². The highest BCUT2D eigenvalue weighted by atomic mass is 16.1. The van der Waals surface area contributed by atoms with Gasteiger partial charge in [0.2, 0.25) is 0 Å². The van der Waals surface area contributed by atoms with Crippen molar-refractivity contribution in [3.05, 3.63) is 81.5 Å². The number of hydrogen-bond acceptors (Lipinski definition) is 2. The molecular weight excluding hydrogens is 284 g/mol. The van der Waals surface area contributed by atoms with Gasteiger partial charge in [-0.2, -0.15) is 4.98 Å². The number of aromatic nitrogens is 2. The van der Waals surface area contributed by atoms with Gasteiger partial charge < -0.3 is 4.57 Å². The first-order chi connectivity index (χ1) is 11.0. The van der Waals surface area contributed by atoms with Crippen LogP contribution >= 0.6 is 0 Å². The molecule has 3 heteroatoms. The molecule has 0 N–H and O–H groups in total. The molecule has 1 aromatic heterocycles. The second kappa shape index (κ2) is 5.84. The number of rotatable bonds is 2. The van der Waals surface area contributed by atoms with Crippen LogP contribution in [0.5, 0.6) is 0 Å². The minimum atomic E-state index is -0.174. The molecule has 2 aromatic carbocycles. The average Bonchev–Trinajstić information content (AvgIpc) is 2.50. The summed E-state index contributed by atoms with van der Waals surface area (Å²) < 4.78 is 2.07. The lowest BCUT2D eigenvalue weighted by atomic mass is 10.0. The summed E-state index contributed by atoms with van der Waals surface area (Å²) in [5.74, 6) is 0.708. The highest BCUT2D eigenvalue weighted by Crippen LogP contribution is 2.24. The summed E-state index contributed by atoms with van der Waals surface area (Å²) in [5, 5.41) is 0. The summed E-state index contributed by atoms with van der Waals surface area (Å²) in [5.41, 5.74) is 5.76. The second-order valence-electron chi connectivity index (χ2n) is 5.92. The van der Waals surface area contributed by atoms with Gasteiger partial charge in [0, 0.05) is 11.4 Å². The van der Waals surface area contributed by atoms with Crippen molar-refractivity contribution in [3.8, 4) is 16.8 Å². The van der Waals surface area contributed by atoms with E-state index in [1.54, 1.807) is 0 Å². The molecule has 0 unspecified atom stereocenters. The zero-order chi connectivity index (χ0) is 16.6. The van der Waals surface area contributed by atoms with Crippen LogP contribution in [0.25, 0.3) is 16.8 Å². The molecular formula is C20H20N2O. The van der Waals surface area contributed by atoms with Crippen molar-refractivity contribution in [3.63, 3.8) is 0 Å². The quantitative estimate of drug-likeness (QED) is 0.713. The van der Waals surface area contributed by atoms with E-state index in [0.717, 1.165) is 16.9 Å². The van der Waals surface area contributed by atoms with Gasteiger partial charge in [-0.25, -0.2) is 0 Å². The third kappa shape index (κ3) is 2.70. The zero-order valence-electron chi connectivity index (χ0n) is 13.9. The van der Waals surface area contributed by atoms with Gasteiger partial charge >= 0.3 is 0 Å². The molecule has 0 aliphatic heterocycles. The van der Waals surface area contributed by atoms with E-state index in [-0.39, 0.29) is 5.56 Å². The Morgan fingerprint density at radius 2 is 1.61 bits per heavy atom. The van der Waals surface area contributed by atoms with Gasteiger partial charge in [0.05, 0.1) is 5.56 Å². The molecule has 1 heterocycles. The van der Waals surface area contributed by atoms with Gasteiger partial charge in [0.1, 0.15) is 5.82 Å². The number of benzene rings is 2. The largest absolute Gasteiger partial charge is 0.302 e. The maximum Gasteiger partial charge on any atom is 0.281 e. The second-order valence-corrected chi connectivity index (χ2v) is 5.92. The number of hydrogen-bond donors (Lipinski definition) is 0. The van der Waals surface area contributed by atoms with E-state index in [4.69, 9.17) is 0 Å². The summed E-state index contributed by atoms with van der Waals surface area (Å²) in [6.07, 6.45) is 0. The Morgan fingerprint density at radius 1 is 0.913 bits per heavy atom. The lowest BCUT2D eigenvalue weighted by Gasteiger charge is -2.19. The van der Waals surface area contributed by atoms with Crippen molar-refractivity contribution in [2.75, 3.05) is 0 Å². The maximum atomic E-state index is 12.5. The lowest BCUT2D eigenvalue weighted by Crippen LogP contribution is -2.20. The SMILES string of the molecule is Cc1ccc(-n2c(C)nc(=O)c(-c3ccccc3)c2C)c(C)c1. The molecule has 0 radical (unpaired) electrons. The number of nitrogens with zero attached hydrogens (tertiary/aromatic N) is 2. The van der Waals surface area contributed by atoms with Gasteiger partial charge in [-0.3, -0.25) is 4.79 Å². The molecule has 0 spiro atoms. The van der Waals surface area contributed by atoms with E-state index >= 15 is 0 Å². The molecule has 3 nitrogen and oxygen atoms in total. The van der Waals surface area contributed by atoms with Crippen molar-refractivity contribution < 1.29 is 0 Å². The first-order valence-corrected chi connectivity index (χ1v) is 7.72. The molecule has 3 aromatic rings. The molecule has 0 aliphatic rings. The molecule has 0 saturated heterocycles. The highest BCUT2D eigenvalue weighted by Gasteiger charge is 2.15. The van der Waals surface area contributed by atoms with E-state index in [2.05, 4.69) is 41.6 Å². The molecule has 0 aliphatic carbocycles. The summed E-state index contributed by atoms with van der Waals surface area (Å²) in [6.45, 7) is 8.03. The molecule has 3 rings (SSSR count). The van der Waals surface area contributed by atoms with Gasteiger partial charge in [-0.1, -0.05) is 48.0 Å². The van der Waals surface area contributed by atoms with Crippen molar-refractivity contribution in [1.29, 1.82) is 0 Å². The van der Waals surface area contributed by atoms with E-state index in [1.165, 1.54) is 11.1 Å². The van der Waals surface area contributed by atoms with E-state index in [0.29, 0.717) is 11.4 Å². The molecule has 0 amide bonds. The topological polar surface area (TPSA) is 34.9 Å². The Labute approximate surface area is 136 Å². The van der Waals surface area contributed by atoms with Crippen LogP contribution in [0.4, 0.5) is 0 Å². The standard InChI is InChI=1S/C20H20N2O/c1-13-10-11-18(14(2)12-13)22-15(3)19(20(23)21-16(22)4)17-8-6-5-7-9-17/h5-12H,1-4H3. The van der Waals surface area contributed by atoms with Crippen molar-refractivity contribution in [2.45, 2.75) is 27.7 Å². The highest BCUT2D eigenvalue weighted by molar-refractivity contribution is 5.66. The molecule has 0 saturated carbocycles. The summed E-state index contributed by atoms with van der Waals surface area (Å²) in [7, 11) is 0. The van der Waals surface area contributed by atoms with Crippen LogP contribution in [0.3, 0.4) is 0 Å². The smallest absolute Gasteiger partial charge is 0.281 e. The number of aryl methyl sites for hydroxylation is 3. The van der Waals surface area contributed by atoms with Crippen molar-refractivity contribution >= 4 is 0 Å². The first kappa shape index (κ1) is 15.2. The van der Waals surface area contributed by atoms with E-state index in [9.17, 15) is 4.79 Å². The third-order valence-corrected chi connectivity index (χ3v) is 4.15. The lowest BCUT2D eigenvalue weighted by molar-refractivity contribution is 0.850. The fourth-order valence-corrected chi connectivity index (χ4v) is 3.11. The first-order valence-electron chi connectivity index (χ1n) is 7.72. The maximum absolute atomic E-state index is 12.5. The summed E-state index contributed by atoms with van der Waals surface area (Å²) in [4.78, 5) is 16.7. The molecule has 0 bridgehead atoms. The van der Waals surface area contributed by atoms with Crippen LogP contribution in [0.15, 0.2) is 53.3 Å². The van der Waals surface area contributed by atoms with Gasteiger partial charge in [0.15, 0.2) is 0 Å². The Kier molecular flexibility index (Phi) is 3.87. The van der Waals surface area contributed by atoms with Crippen LogP contribution in [0.1, 0.15) is 22.6 Å². The van der Waals surface area contributed by atoms with Crippen molar-refractivity contribution in [1.82, 2.24) is 9.55 Å². The molecule has 23 heavy (non-hydrogen) atoms. The van der Waals surface area contributed by atoms with Crippen LogP contribution in [-0.4, -0.2) is 9.55 Å². The minimum absolute atomic E-state index is 0.174. The predicted molar refractivity (Wildman–Crippen MR) is 94.2 cm³/mol. The fourth-order valence-electron chi connectivity index (χ4n) is 3.11. The predicted octanol–water partition coefficient (Wildman–Crippen LogP) is 4.13. The Balaban J connectivity index is 2.33. The van der Waals surface area contributed by atoms with Crippen LogP contribution in [0, 0.1) is 27.7 Å². The van der Waals surface area contributed by atoms with E-state index < -0.39 is 0 Å².